The molecule has 2 N–H and O–H groups in total. The Balaban J connectivity index is 2.79. The van der Waals surface area contributed by atoms with E-state index in [0.29, 0.717) is 6.42 Å². The average molecular weight is 324 g/mol. The summed E-state index contributed by atoms with van der Waals surface area (Å²) in [5, 5.41) is 8.41. The Bertz CT molecular complexity index is 591. The van der Waals surface area contributed by atoms with Crippen LogP contribution in [0.25, 0.3) is 0 Å². The van der Waals surface area contributed by atoms with Gasteiger partial charge < -0.3 is 5.11 Å². The van der Waals surface area contributed by atoms with E-state index < -0.39 is 21.8 Å². The molecule has 1 rings (SSSR count). The first-order chi connectivity index (χ1) is 9.26. The Morgan fingerprint density at radius 2 is 2.15 bits per heavy atom. The number of nitrogens with one attached hydrogen (secondary N) is 1. The maximum atomic E-state index is 13.0. The molecule has 0 aliphatic carbocycles. The normalized spacial score (nSPS) is 13.2. The van der Waals surface area contributed by atoms with Crippen LogP contribution in [-0.2, 0) is 14.8 Å². The van der Waals surface area contributed by atoms with Crippen molar-refractivity contribution in [2.75, 3.05) is 6.54 Å². The lowest BCUT2D eigenvalue weighted by atomic mass is 10.0. The lowest BCUT2D eigenvalue weighted by Crippen LogP contribution is -2.30. The summed E-state index contributed by atoms with van der Waals surface area (Å²) in [7, 11) is -3.83. The highest BCUT2D eigenvalue weighted by Gasteiger charge is 2.19. The summed E-state index contributed by atoms with van der Waals surface area (Å²) in [6.45, 7) is 1.77. The molecular formula is C12H15ClFNO4S. The molecule has 1 aromatic carbocycles. The summed E-state index contributed by atoms with van der Waals surface area (Å²) >= 11 is 5.53. The fourth-order valence-electron chi connectivity index (χ4n) is 1.56. The quantitative estimate of drug-likeness (QED) is 0.806. The van der Waals surface area contributed by atoms with Gasteiger partial charge in [0.05, 0.1) is 9.92 Å². The molecule has 8 heteroatoms. The number of sulfonamides is 1. The summed E-state index contributed by atoms with van der Waals surface area (Å²) < 4.78 is 39.2. The minimum absolute atomic E-state index is 0.000128. The topological polar surface area (TPSA) is 83.5 Å². The minimum atomic E-state index is -3.83. The molecule has 0 amide bonds. The lowest BCUT2D eigenvalue weighted by Gasteiger charge is -2.14. The van der Waals surface area contributed by atoms with Crippen molar-refractivity contribution in [1.29, 1.82) is 0 Å². The van der Waals surface area contributed by atoms with Gasteiger partial charge in [0.25, 0.3) is 0 Å². The summed E-state index contributed by atoms with van der Waals surface area (Å²) in [5.41, 5.74) is 0. The van der Waals surface area contributed by atoms with Gasteiger partial charge in [-0.25, -0.2) is 17.5 Å². The fourth-order valence-corrected chi connectivity index (χ4v) is 2.95. The number of halogens is 2. The van der Waals surface area contributed by atoms with Gasteiger partial charge in [-0.05, 0) is 24.1 Å². The van der Waals surface area contributed by atoms with Crippen molar-refractivity contribution in [3.05, 3.63) is 29.0 Å². The third kappa shape index (κ3) is 4.73. The fraction of sp³-hybridized carbons (Fsp3) is 0.417. The molecule has 20 heavy (non-hydrogen) atoms. The van der Waals surface area contributed by atoms with Gasteiger partial charge >= 0.3 is 5.97 Å². The maximum Gasteiger partial charge on any atom is 0.303 e. The Labute approximate surface area is 121 Å². The standard InChI is InChI=1S/C12H15ClFNO4S/c1-2-8(5-12(16)17)7-15-20(18,19)9-3-4-11(14)10(13)6-9/h3-4,6,8,15H,2,5,7H2,1H3,(H,16,17). The van der Waals surface area contributed by atoms with Gasteiger partial charge in [0.1, 0.15) is 5.82 Å². The van der Waals surface area contributed by atoms with E-state index in [1.165, 1.54) is 0 Å². The molecule has 0 aromatic heterocycles. The first-order valence-corrected chi connectivity index (χ1v) is 7.79. The average Bonchev–Trinajstić information content (AvgIpc) is 2.37. The Morgan fingerprint density at radius 1 is 1.50 bits per heavy atom. The van der Waals surface area contributed by atoms with Gasteiger partial charge in [0.2, 0.25) is 10.0 Å². The number of aliphatic carboxylic acids is 1. The zero-order valence-corrected chi connectivity index (χ0v) is 12.3. The summed E-state index contributed by atoms with van der Waals surface area (Å²) in [5.74, 6) is -2.00. The van der Waals surface area contributed by atoms with Crippen LogP contribution < -0.4 is 4.72 Å². The molecule has 0 spiro atoms. The first kappa shape index (κ1) is 16.9. The van der Waals surface area contributed by atoms with E-state index in [4.69, 9.17) is 16.7 Å². The van der Waals surface area contributed by atoms with Gasteiger partial charge in [0.15, 0.2) is 0 Å². The van der Waals surface area contributed by atoms with Crippen molar-refractivity contribution < 1.29 is 22.7 Å². The van der Waals surface area contributed by atoms with Crippen LogP contribution in [-0.4, -0.2) is 26.0 Å². The van der Waals surface area contributed by atoms with Crippen LogP contribution in [0.1, 0.15) is 19.8 Å². The predicted molar refractivity (Wildman–Crippen MR) is 72.6 cm³/mol. The number of hydrogen-bond donors (Lipinski definition) is 2. The molecule has 0 bridgehead atoms. The molecule has 0 radical (unpaired) electrons. The van der Waals surface area contributed by atoms with Crippen molar-refractivity contribution in [2.24, 2.45) is 5.92 Å². The minimum Gasteiger partial charge on any atom is -0.481 e. The van der Waals surface area contributed by atoms with E-state index >= 15 is 0 Å². The van der Waals surface area contributed by atoms with Crippen LogP contribution in [0.5, 0.6) is 0 Å². The summed E-state index contributed by atoms with van der Waals surface area (Å²) in [4.78, 5) is 10.5. The number of benzene rings is 1. The molecule has 1 atom stereocenters. The Kier molecular flexibility index (Phi) is 5.91. The summed E-state index contributed by atoms with van der Waals surface area (Å²) in [6.07, 6.45) is 0.405. The molecule has 0 saturated carbocycles. The zero-order chi connectivity index (χ0) is 15.3. The molecule has 0 heterocycles. The van der Waals surface area contributed by atoms with Crippen molar-refractivity contribution in [2.45, 2.75) is 24.7 Å². The SMILES string of the molecule is CCC(CNS(=O)(=O)c1ccc(F)c(Cl)c1)CC(=O)O. The smallest absolute Gasteiger partial charge is 0.303 e. The number of carboxylic acid groups (broad SMARTS) is 1. The van der Waals surface area contributed by atoms with Crippen molar-refractivity contribution >= 4 is 27.6 Å². The predicted octanol–water partition coefficient (Wildman–Crippen LogP) is 2.26. The molecular weight excluding hydrogens is 309 g/mol. The van der Waals surface area contributed by atoms with Crippen LogP contribution in [0.4, 0.5) is 4.39 Å². The van der Waals surface area contributed by atoms with Gasteiger partial charge in [-0.3, -0.25) is 4.79 Å². The van der Waals surface area contributed by atoms with Crippen LogP contribution in [0.3, 0.4) is 0 Å². The van der Waals surface area contributed by atoms with Crippen LogP contribution in [0.15, 0.2) is 23.1 Å². The third-order valence-corrected chi connectivity index (χ3v) is 4.51. The van der Waals surface area contributed by atoms with Crippen molar-refractivity contribution in [3.63, 3.8) is 0 Å². The van der Waals surface area contributed by atoms with E-state index in [1.807, 2.05) is 0 Å². The molecule has 1 unspecified atom stereocenters. The van der Waals surface area contributed by atoms with Crippen molar-refractivity contribution in [3.8, 4) is 0 Å². The first-order valence-electron chi connectivity index (χ1n) is 5.92. The van der Waals surface area contributed by atoms with Gasteiger partial charge in [0, 0.05) is 13.0 Å². The second-order valence-corrected chi connectivity index (χ2v) is 6.47. The van der Waals surface area contributed by atoms with E-state index in [1.54, 1.807) is 6.92 Å². The van der Waals surface area contributed by atoms with Gasteiger partial charge in [-0.1, -0.05) is 24.9 Å². The number of carboxylic acids is 1. The molecule has 112 valence electrons. The molecule has 0 fully saturated rings. The second kappa shape index (κ2) is 7.01. The zero-order valence-electron chi connectivity index (χ0n) is 10.8. The Morgan fingerprint density at radius 3 is 2.65 bits per heavy atom. The summed E-state index contributed by atoms with van der Waals surface area (Å²) in [6, 6.07) is 3.07. The van der Waals surface area contributed by atoms with Crippen molar-refractivity contribution in [1.82, 2.24) is 4.72 Å². The Hall–Kier alpha value is -1.18. The highest BCUT2D eigenvalue weighted by molar-refractivity contribution is 7.89. The van der Waals surface area contributed by atoms with E-state index in [2.05, 4.69) is 4.72 Å². The molecule has 0 saturated heterocycles. The highest BCUT2D eigenvalue weighted by atomic mass is 35.5. The molecule has 1 aromatic rings. The van der Waals surface area contributed by atoms with Crippen LogP contribution in [0.2, 0.25) is 5.02 Å². The largest absolute Gasteiger partial charge is 0.481 e. The van der Waals surface area contributed by atoms with Crippen LogP contribution in [0, 0.1) is 11.7 Å². The van der Waals surface area contributed by atoms with Crippen LogP contribution >= 0.6 is 11.6 Å². The van der Waals surface area contributed by atoms with E-state index in [-0.39, 0.29) is 28.8 Å². The molecule has 0 aliphatic rings. The monoisotopic (exact) mass is 323 g/mol. The second-order valence-electron chi connectivity index (χ2n) is 4.30. The van der Waals surface area contributed by atoms with E-state index in [0.717, 1.165) is 18.2 Å². The third-order valence-electron chi connectivity index (χ3n) is 2.80. The number of hydrogen-bond acceptors (Lipinski definition) is 3. The molecule has 0 aliphatic heterocycles. The molecule has 5 nitrogen and oxygen atoms in total. The number of rotatable bonds is 7. The van der Waals surface area contributed by atoms with E-state index in [9.17, 15) is 17.6 Å². The number of carbonyl (C=O) groups is 1. The van der Waals surface area contributed by atoms with Gasteiger partial charge in [-0.2, -0.15) is 0 Å². The van der Waals surface area contributed by atoms with Gasteiger partial charge in [-0.15, -0.1) is 0 Å². The lowest BCUT2D eigenvalue weighted by molar-refractivity contribution is -0.138. The maximum absolute atomic E-state index is 13.0. The highest BCUT2D eigenvalue weighted by Crippen LogP contribution is 2.19.